The van der Waals surface area contributed by atoms with Crippen molar-refractivity contribution >= 4 is 5.69 Å². The molecule has 0 aliphatic heterocycles. The molecule has 0 saturated carbocycles. The summed E-state index contributed by atoms with van der Waals surface area (Å²) < 4.78 is 10.2. The van der Waals surface area contributed by atoms with Gasteiger partial charge >= 0.3 is 0 Å². The smallest absolute Gasteiger partial charge is 0.190 e. The van der Waals surface area contributed by atoms with Crippen molar-refractivity contribution in [3.63, 3.8) is 0 Å². The van der Waals surface area contributed by atoms with E-state index in [9.17, 15) is 0 Å². The van der Waals surface area contributed by atoms with Gasteiger partial charge in [0.2, 0.25) is 0 Å². The van der Waals surface area contributed by atoms with E-state index in [2.05, 4.69) is 4.85 Å². The van der Waals surface area contributed by atoms with E-state index in [1.807, 2.05) is 25.1 Å². The normalized spacial score (nSPS) is 10.3. The van der Waals surface area contributed by atoms with Gasteiger partial charge in [-0.25, -0.2) is 4.85 Å². The maximum atomic E-state index is 7.08. The van der Waals surface area contributed by atoms with E-state index in [0.29, 0.717) is 12.1 Å². The summed E-state index contributed by atoms with van der Waals surface area (Å²) in [6.07, 6.45) is 0.318. The molecule has 0 amide bonds. The highest BCUT2D eigenvalue weighted by Crippen LogP contribution is 2.22. The molecule has 0 spiro atoms. The van der Waals surface area contributed by atoms with Crippen molar-refractivity contribution in [1.82, 2.24) is 0 Å². The summed E-state index contributed by atoms with van der Waals surface area (Å²) in [7, 11) is 3.19. The summed E-state index contributed by atoms with van der Waals surface area (Å²) >= 11 is 0. The molecule has 0 saturated heterocycles. The van der Waals surface area contributed by atoms with Crippen LogP contribution in [0, 0.1) is 13.5 Å². The summed E-state index contributed by atoms with van der Waals surface area (Å²) in [6, 6.07) is 5.82. The number of nitrogens with zero attached hydrogens (tertiary/aromatic N) is 1. The highest BCUT2D eigenvalue weighted by Gasteiger charge is 2.10. The minimum atomic E-state index is -0.284. The van der Waals surface area contributed by atoms with Crippen LogP contribution in [-0.4, -0.2) is 20.5 Å². The van der Waals surface area contributed by atoms with E-state index in [4.69, 9.17) is 16.0 Å². The number of benzene rings is 1. The molecule has 80 valence electrons. The van der Waals surface area contributed by atoms with E-state index in [0.717, 1.165) is 11.1 Å². The van der Waals surface area contributed by atoms with Crippen LogP contribution in [-0.2, 0) is 15.9 Å². The van der Waals surface area contributed by atoms with Gasteiger partial charge in [-0.15, -0.1) is 0 Å². The predicted octanol–water partition coefficient (Wildman–Crippen LogP) is 2.71. The minimum absolute atomic E-state index is 0.284. The minimum Gasteiger partial charge on any atom is -0.356 e. The third-order valence-electron chi connectivity index (χ3n) is 2.27. The maximum absolute atomic E-state index is 7.08. The van der Waals surface area contributed by atoms with Crippen LogP contribution in [0.3, 0.4) is 0 Å². The molecule has 0 aromatic heterocycles. The van der Waals surface area contributed by atoms with Crippen molar-refractivity contribution in [2.75, 3.05) is 14.2 Å². The zero-order valence-electron chi connectivity index (χ0n) is 9.28. The van der Waals surface area contributed by atoms with Gasteiger partial charge in [0.15, 0.2) is 12.0 Å². The molecule has 0 aliphatic carbocycles. The third kappa shape index (κ3) is 3.05. The summed E-state index contributed by atoms with van der Waals surface area (Å²) in [5.41, 5.74) is 2.73. The van der Waals surface area contributed by atoms with Crippen LogP contribution >= 0.6 is 0 Å². The van der Waals surface area contributed by atoms with E-state index in [1.54, 1.807) is 14.2 Å². The Kier molecular flexibility index (Phi) is 4.29. The Morgan fingerprint density at radius 2 is 2.00 bits per heavy atom. The molecule has 3 heteroatoms. The Morgan fingerprint density at radius 3 is 2.53 bits per heavy atom. The molecule has 0 N–H and O–H groups in total. The lowest BCUT2D eigenvalue weighted by Crippen LogP contribution is -2.16. The van der Waals surface area contributed by atoms with Crippen LogP contribution in [0.4, 0.5) is 5.69 Å². The monoisotopic (exact) mass is 205 g/mol. The molecule has 0 heterocycles. The first kappa shape index (κ1) is 11.7. The van der Waals surface area contributed by atoms with Crippen molar-refractivity contribution in [2.24, 2.45) is 0 Å². The Hall–Kier alpha value is -1.37. The topological polar surface area (TPSA) is 22.8 Å². The maximum Gasteiger partial charge on any atom is 0.190 e. The fourth-order valence-corrected chi connectivity index (χ4v) is 1.39. The van der Waals surface area contributed by atoms with E-state index in [-0.39, 0.29) is 6.29 Å². The quantitative estimate of drug-likeness (QED) is 0.557. The van der Waals surface area contributed by atoms with Crippen molar-refractivity contribution in [3.8, 4) is 0 Å². The van der Waals surface area contributed by atoms with Crippen molar-refractivity contribution in [2.45, 2.75) is 19.6 Å². The molecule has 3 nitrogen and oxygen atoms in total. The Balaban J connectivity index is 2.90. The highest BCUT2D eigenvalue weighted by molar-refractivity contribution is 5.54. The molecule has 1 aromatic carbocycles. The van der Waals surface area contributed by atoms with Gasteiger partial charge in [0.25, 0.3) is 0 Å². The SMILES string of the molecule is [C-]#[N+]c1cc(C)ccc1CC(OC)OC. The zero-order chi connectivity index (χ0) is 11.3. The second-order valence-electron chi connectivity index (χ2n) is 3.35. The molecule has 0 unspecified atom stereocenters. The Labute approximate surface area is 90.5 Å². The van der Waals surface area contributed by atoms with Crippen molar-refractivity contribution in [3.05, 3.63) is 40.7 Å². The van der Waals surface area contributed by atoms with Gasteiger partial charge in [-0.1, -0.05) is 23.8 Å². The molecule has 0 atom stereocenters. The van der Waals surface area contributed by atoms with Crippen molar-refractivity contribution < 1.29 is 9.47 Å². The first-order valence-corrected chi connectivity index (χ1v) is 4.73. The lowest BCUT2D eigenvalue weighted by Gasteiger charge is -2.14. The van der Waals surface area contributed by atoms with Gasteiger partial charge in [-0.05, 0) is 12.5 Å². The van der Waals surface area contributed by atoms with Gasteiger partial charge in [-0.2, -0.15) is 0 Å². The standard InChI is InChI=1S/C12H15NO2/c1-9-5-6-10(11(7-9)13-2)8-12(14-3)15-4/h5-7,12H,8H2,1,3-4H3. The summed E-state index contributed by atoms with van der Waals surface area (Å²) in [6.45, 7) is 9.06. The highest BCUT2D eigenvalue weighted by atomic mass is 16.7. The van der Waals surface area contributed by atoms with E-state index >= 15 is 0 Å². The lowest BCUT2D eigenvalue weighted by molar-refractivity contribution is -0.100. The lowest BCUT2D eigenvalue weighted by atomic mass is 10.1. The molecular formula is C12H15NO2. The molecule has 0 fully saturated rings. The van der Waals surface area contributed by atoms with Crippen LogP contribution in [0.25, 0.3) is 4.85 Å². The number of hydrogen-bond donors (Lipinski definition) is 0. The molecule has 0 radical (unpaired) electrons. The number of hydrogen-bond acceptors (Lipinski definition) is 2. The van der Waals surface area contributed by atoms with E-state index in [1.165, 1.54) is 0 Å². The summed E-state index contributed by atoms with van der Waals surface area (Å²) in [4.78, 5) is 3.49. The average molecular weight is 205 g/mol. The van der Waals surface area contributed by atoms with Gasteiger partial charge in [0.05, 0.1) is 6.57 Å². The molecular weight excluding hydrogens is 190 g/mol. The Bertz CT molecular complexity index is 364. The third-order valence-corrected chi connectivity index (χ3v) is 2.27. The van der Waals surface area contributed by atoms with Gasteiger partial charge < -0.3 is 9.47 Å². The predicted molar refractivity (Wildman–Crippen MR) is 59.0 cm³/mol. The van der Waals surface area contributed by atoms with Gasteiger partial charge in [-0.3, -0.25) is 0 Å². The second kappa shape index (κ2) is 5.50. The largest absolute Gasteiger partial charge is 0.356 e. The first-order chi connectivity index (χ1) is 7.21. The summed E-state index contributed by atoms with van der Waals surface area (Å²) in [5.74, 6) is 0. The van der Waals surface area contributed by atoms with Gasteiger partial charge in [0, 0.05) is 20.6 Å². The van der Waals surface area contributed by atoms with Crippen LogP contribution in [0.5, 0.6) is 0 Å². The average Bonchev–Trinajstić information content (AvgIpc) is 2.27. The number of ether oxygens (including phenoxy) is 2. The van der Waals surface area contributed by atoms with Crippen LogP contribution in [0.1, 0.15) is 11.1 Å². The number of methoxy groups -OCH3 is 2. The zero-order valence-corrected chi connectivity index (χ0v) is 9.28. The Morgan fingerprint density at radius 1 is 1.33 bits per heavy atom. The number of aryl methyl sites for hydroxylation is 1. The van der Waals surface area contributed by atoms with Crippen LogP contribution < -0.4 is 0 Å². The molecule has 15 heavy (non-hydrogen) atoms. The number of rotatable bonds is 4. The summed E-state index contributed by atoms with van der Waals surface area (Å²) in [5, 5.41) is 0. The molecule has 1 rings (SSSR count). The van der Waals surface area contributed by atoms with E-state index < -0.39 is 0 Å². The fourth-order valence-electron chi connectivity index (χ4n) is 1.39. The molecule has 1 aromatic rings. The van der Waals surface area contributed by atoms with Crippen molar-refractivity contribution in [1.29, 1.82) is 0 Å². The molecule has 0 bridgehead atoms. The van der Waals surface area contributed by atoms with Crippen LogP contribution in [0.2, 0.25) is 0 Å². The fraction of sp³-hybridized carbons (Fsp3) is 0.417. The second-order valence-corrected chi connectivity index (χ2v) is 3.35. The van der Waals surface area contributed by atoms with Gasteiger partial charge in [0.1, 0.15) is 0 Å². The first-order valence-electron chi connectivity index (χ1n) is 4.73. The molecule has 0 aliphatic rings. The van der Waals surface area contributed by atoms with Crippen LogP contribution in [0.15, 0.2) is 18.2 Å².